The molecule has 1 atom stereocenters. The van der Waals surface area contributed by atoms with Gasteiger partial charge in [-0.3, -0.25) is 0 Å². The average Bonchev–Trinajstić information content (AvgIpc) is 2.38. The molecular weight excluding hydrogens is 228 g/mol. The highest BCUT2D eigenvalue weighted by Gasteiger charge is 2.03. The zero-order valence-electron chi connectivity index (χ0n) is 12.0. The van der Waals surface area contributed by atoms with Crippen molar-refractivity contribution in [2.75, 3.05) is 6.54 Å². The van der Waals surface area contributed by atoms with Crippen LogP contribution >= 0.6 is 0 Å². The van der Waals surface area contributed by atoms with E-state index in [4.69, 9.17) is 5.21 Å². The molecule has 0 rings (SSSR count). The van der Waals surface area contributed by atoms with Crippen LogP contribution in [0.1, 0.15) is 77.6 Å². The normalized spacial score (nSPS) is 12.8. The quantitative estimate of drug-likeness (QED) is 0.286. The molecule has 0 saturated heterocycles. The summed E-state index contributed by atoms with van der Waals surface area (Å²) in [5, 5.41) is 18.0. The van der Waals surface area contributed by atoms with Crippen LogP contribution in [0.4, 0.5) is 0 Å². The van der Waals surface area contributed by atoms with Gasteiger partial charge in [0.15, 0.2) is 0 Å². The van der Waals surface area contributed by atoms with Gasteiger partial charge < -0.3 is 10.3 Å². The molecule has 0 radical (unpaired) electrons. The third-order valence-corrected chi connectivity index (χ3v) is 3.31. The largest absolute Gasteiger partial charge is 0.393 e. The van der Waals surface area contributed by atoms with E-state index in [9.17, 15) is 5.11 Å². The zero-order chi connectivity index (χ0) is 13.5. The highest BCUT2D eigenvalue weighted by atomic mass is 16.5. The van der Waals surface area contributed by atoms with Crippen molar-refractivity contribution in [1.82, 2.24) is 11.0 Å². The average molecular weight is 260 g/mol. The molecule has 4 N–H and O–H groups in total. The summed E-state index contributed by atoms with van der Waals surface area (Å²) in [6.07, 6.45) is 12.9. The first-order valence-corrected chi connectivity index (χ1v) is 7.61. The van der Waals surface area contributed by atoms with Crippen LogP contribution in [-0.4, -0.2) is 23.0 Å². The van der Waals surface area contributed by atoms with E-state index in [-0.39, 0.29) is 6.10 Å². The molecule has 4 nitrogen and oxygen atoms in total. The summed E-state index contributed by atoms with van der Waals surface area (Å²) in [7, 11) is 0. The molecule has 0 fully saturated rings. The van der Waals surface area contributed by atoms with Crippen LogP contribution in [0.2, 0.25) is 0 Å². The Balaban J connectivity index is 3.08. The Bertz CT molecular complexity index is 157. The maximum Gasteiger partial charge on any atom is 0.0540 e. The van der Waals surface area contributed by atoms with Crippen LogP contribution in [0.25, 0.3) is 0 Å². The van der Waals surface area contributed by atoms with Gasteiger partial charge in [-0.2, -0.15) is 0 Å². The van der Waals surface area contributed by atoms with Gasteiger partial charge >= 0.3 is 0 Å². The smallest absolute Gasteiger partial charge is 0.0540 e. The van der Waals surface area contributed by atoms with E-state index in [1.54, 1.807) is 0 Å². The molecule has 0 saturated carbocycles. The first-order chi connectivity index (χ1) is 8.81. The van der Waals surface area contributed by atoms with E-state index < -0.39 is 0 Å². The van der Waals surface area contributed by atoms with Gasteiger partial charge in [-0.1, -0.05) is 58.3 Å². The maximum absolute atomic E-state index is 9.71. The summed E-state index contributed by atoms with van der Waals surface area (Å²) in [5.74, 6) is 0. The summed E-state index contributed by atoms with van der Waals surface area (Å²) < 4.78 is 0. The molecule has 0 aliphatic heterocycles. The summed E-state index contributed by atoms with van der Waals surface area (Å²) in [6.45, 7) is 2.93. The van der Waals surface area contributed by atoms with Crippen molar-refractivity contribution in [3.8, 4) is 0 Å². The Morgan fingerprint density at radius 3 is 2.00 bits per heavy atom. The van der Waals surface area contributed by atoms with Crippen molar-refractivity contribution in [2.45, 2.75) is 83.7 Å². The molecule has 0 heterocycles. The second-order valence-electron chi connectivity index (χ2n) is 5.10. The van der Waals surface area contributed by atoms with Crippen molar-refractivity contribution >= 4 is 0 Å². The number of nitrogens with one attached hydrogen (secondary N) is 2. The Labute approximate surface area is 112 Å². The second kappa shape index (κ2) is 14.9. The third kappa shape index (κ3) is 13.9. The molecule has 4 heteroatoms. The van der Waals surface area contributed by atoms with E-state index in [0.29, 0.717) is 6.54 Å². The maximum atomic E-state index is 9.71. The Kier molecular flexibility index (Phi) is 14.8. The van der Waals surface area contributed by atoms with E-state index in [1.807, 2.05) is 5.59 Å². The minimum Gasteiger partial charge on any atom is -0.393 e. The zero-order valence-corrected chi connectivity index (χ0v) is 12.0. The number of hydrogen-bond acceptors (Lipinski definition) is 4. The van der Waals surface area contributed by atoms with E-state index in [2.05, 4.69) is 12.3 Å². The van der Waals surface area contributed by atoms with Crippen molar-refractivity contribution in [3.63, 3.8) is 0 Å². The van der Waals surface area contributed by atoms with Crippen LogP contribution in [0, 0.1) is 0 Å². The fourth-order valence-corrected chi connectivity index (χ4v) is 2.14. The number of rotatable bonds is 14. The highest BCUT2D eigenvalue weighted by Crippen LogP contribution is 2.12. The van der Waals surface area contributed by atoms with E-state index >= 15 is 0 Å². The second-order valence-corrected chi connectivity index (χ2v) is 5.10. The van der Waals surface area contributed by atoms with Gasteiger partial charge in [0.05, 0.1) is 6.10 Å². The Morgan fingerprint density at radius 1 is 0.833 bits per heavy atom. The van der Waals surface area contributed by atoms with Crippen molar-refractivity contribution in [3.05, 3.63) is 0 Å². The highest BCUT2D eigenvalue weighted by molar-refractivity contribution is 4.57. The van der Waals surface area contributed by atoms with Gasteiger partial charge in [-0.05, 0) is 19.3 Å². The lowest BCUT2D eigenvalue weighted by Gasteiger charge is -2.10. The summed E-state index contributed by atoms with van der Waals surface area (Å²) in [4.78, 5) is 0. The standard InChI is InChI=1S/C14H32N2O2/c1-2-3-4-5-6-7-8-9-11-14(17)12-10-13-15-16-18/h14-18H,2-13H2,1H3. The molecule has 0 spiro atoms. The monoisotopic (exact) mass is 260 g/mol. The van der Waals surface area contributed by atoms with Crippen molar-refractivity contribution in [1.29, 1.82) is 0 Å². The first kappa shape index (κ1) is 17.8. The van der Waals surface area contributed by atoms with Gasteiger partial charge in [0.1, 0.15) is 0 Å². The molecule has 18 heavy (non-hydrogen) atoms. The lowest BCUT2D eigenvalue weighted by molar-refractivity contribution is 0.112. The molecular formula is C14H32N2O2. The van der Waals surface area contributed by atoms with Gasteiger partial charge in [-0.25, -0.2) is 5.43 Å². The molecule has 110 valence electrons. The van der Waals surface area contributed by atoms with Gasteiger partial charge in [-0.15, -0.1) is 5.59 Å². The predicted octanol–water partition coefficient (Wildman–Crippen LogP) is 3.14. The molecule has 0 aromatic rings. The number of hydrazine groups is 1. The summed E-state index contributed by atoms with van der Waals surface area (Å²) in [5.41, 5.74) is 4.49. The number of aliphatic hydroxyl groups is 1. The SMILES string of the molecule is CCCCCCCCCCC(O)CCCNNO. The van der Waals surface area contributed by atoms with Crippen LogP contribution in [-0.2, 0) is 0 Å². The lowest BCUT2D eigenvalue weighted by atomic mass is 10.0. The topological polar surface area (TPSA) is 64.5 Å². The predicted molar refractivity (Wildman–Crippen MR) is 75.4 cm³/mol. The first-order valence-electron chi connectivity index (χ1n) is 7.61. The van der Waals surface area contributed by atoms with Crippen molar-refractivity contribution < 1.29 is 10.3 Å². The molecule has 1 unspecified atom stereocenters. The van der Waals surface area contributed by atoms with Crippen molar-refractivity contribution in [2.24, 2.45) is 0 Å². The van der Waals surface area contributed by atoms with Crippen LogP contribution in [0.3, 0.4) is 0 Å². The molecule has 0 bridgehead atoms. The minimum atomic E-state index is -0.175. The Morgan fingerprint density at radius 2 is 1.39 bits per heavy atom. The number of aliphatic hydroxyl groups excluding tert-OH is 1. The third-order valence-electron chi connectivity index (χ3n) is 3.31. The van der Waals surface area contributed by atoms with Crippen LogP contribution in [0.5, 0.6) is 0 Å². The van der Waals surface area contributed by atoms with Gasteiger partial charge in [0, 0.05) is 6.54 Å². The van der Waals surface area contributed by atoms with E-state index in [0.717, 1.165) is 25.7 Å². The van der Waals surface area contributed by atoms with Crippen LogP contribution in [0.15, 0.2) is 0 Å². The summed E-state index contributed by atoms with van der Waals surface area (Å²) >= 11 is 0. The molecule has 0 aliphatic carbocycles. The number of hydrogen-bond donors (Lipinski definition) is 4. The minimum absolute atomic E-state index is 0.175. The lowest BCUT2D eigenvalue weighted by Crippen LogP contribution is -2.29. The molecule has 0 aliphatic rings. The van der Waals surface area contributed by atoms with E-state index in [1.165, 1.54) is 44.9 Å². The number of unbranched alkanes of at least 4 members (excludes halogenated alkanes) is 7. The molecule has 0 aromatic heterocycles. The Hall–Kier alpha value is -0.160. The van der Waals surface area contributed by atoms with Gasteiger partial charge in [0.25, 0.3) is 0 Å². The molecule has 0 aromatic carbocycles. The van der Waals surface area contributed by atoms with Gasteiger partial charge in [0.2, 0.25) is 0 Å². The molecule has 0 amide bonds. The fraction of sp³-hybridized carbons (Fsp3) is 1.00. The fourth-order valence-electron chi connectivity index (χ4n) is 2.14. The summed E-state index contributed by atoms with van der Waals surface area (Å²) in [6, 6.07) is 0. The van der Waals surface area contributed by atoms with Crippen LogP contribution < -0.4 is 11.0 Å².